The standard InChI is InChI=1S/C21H20FNO2/c22-13-11-14-9-10-15(12-13)23(14)21(24)20-16-5-1-3-7-18(16)25-19-8-4-2-6-17(19)20/h1-8,13-15,20H,9-12H2. The Balaban J connectivity index is 1.59. The van der Waals surface area contributed by atoms with Gasteiger partial charge in [0, 0.05) is 23.2 Å². The number of para-hydroxylation sites is 2. The number of amides is 1. The van der Waals surface area contributed by atoms with E-state index in [1.165, 1.54) is 0 Å². The Morgan fingerprint density at radius 1 is 0.920 bits per heavy atom. The summed E-state index contributed by atoms with van der Waals surface area (Å²) in [5.74, 6) is 1.22. The average Bonchev–Trinajstić information content (AvgIpc) is 2.90. The van der Waals surface area contributed by atoms with Gasteiger partial charge in [-0.15, -0.1) is 0 Å². The van der Waals surface area contributed by atoms with Crippen molar-refractivity contribution < 1.29 is 13.9 Å². The Labute approximate surface area is 146 Å². The molecule has 128 valence electrons. The highest BCUT2D eigenvalue weighted by molar-refractivity contribution is 5.90. The third-order valence-electron chi connectivity index (χ3n) is 5.86. The molecule has 3 nitrogen and oxygen atoms in total. The van der Waals surface area contributed by atoms with E-state index in [1.807, 2.05) is 53.4 Å². The molecule has 2 saturated heterocycles. The summed E-state index contributed by atoms with van der Waals surface area (Å²) in [6, 6.07) is 15.6. The number of alkyl halides is 1. The van der Waals surface area contributed by atoms with Gasteiger partial charge < -0.3 is 9.64 Å². The lowest BCUT2D eigenvalue weighted by molar-refractivity contribution is -0.137. The van der Waals surface area contributed by atoms with Gasteiger partial charge in [-0.1, -0.05) is 36.4 Å². The van der Waals surface area contributed by atoms with E-state index in [0.717, 1.165) is 35.5 Å². The fourth-order valence-electron chi connectivity index (χ4n) is 4.80. The Morgan fingerprint density at radius 2 is 1.44 bits per heavy atom. The van der Waals surface area contributed by atoms with Crippen LogP contribution in [0, 0.1) is 0 Å². The zero-order valence-corrected chi connectivity index (χ0v) is 13.9. The lowest BCUT2D eigenvalue weighted by Gasteiger charge is -2.39. The molecular weight excluding hydrogens is 317 g/mol. The van der Waals surface area contributed by atoms with Crippen LogP contribution in [0.25, 0.3) is 0 Å². The summed E-state index contributed by atoms with van der Waals surface area (Å²) in [6.07, 6.45) is 2.03. The Morgan fingerprint density at radius 3 is 2.00 bits per heavy atom. The molecule has 3 aliphatic rings. The van der Waals surface area contributed by atoms with Gasteiger partial charge in [0.1, 0.15) is 17.7 Å². The number of nitrogens with zero attached hydrogens (tertiary/aromatic N) is 1. The first-order valence-corrected chi connectivity index (χ1v) is 9.04. The minimum absolute atomic E-state index is 0.0448. The minimum Gasteiger partial charge on any atom is -0.457 e. The van der Waals surface area contributed by atoms with Gasteiger partial charge in [0.2, 0.25) is 5.91 Å². The van der Waals surface area contributed by atoms with E-state index in [-0.39, 0.29) is 23.9 Å². The monoisotopic (exact) mass is 337 g/mol. The van der Waals surface area contributed by atoms with Crippen molar-refractivity contribution >= 4 is 5.91 Å². The van der Waals surface area contributed by atoms with Crippen molar-refractivity contribution in [2.45, 2.75) is 49.9 Å². The third-order valence-corrected chi connectivity index (χ3v) is 5.86. The van der Waals surface area contributed by atoms with Crippen LogP contribution in [0.4, 0.5) is 4.39 Å². The van der Waals surface area contributed by atoms with Crippen molar-refractivity contribution in [3.05, 3.63) is 59.7 Å². The van der Waals surface area contributed by atoms with Gasteiger partial charge in [-0.2, -0.15) is 0 Å². The molecule has 3 heterocycles. The second kappa shape index (κ2) is 5.58. The Hall–Kier alpha value is -2.36. The number of carbonyl (C=O) groups excluding carboxylic acids is 1. The van der Waals surface area contributed by atoms with Gasteiger partial charge >= 0.3 is 0 Å². The van der Waals surface area contributed by atoms with E-state index in [0.29, 0.717) is 12.8 Å². The average molecular weight is 337 g/mol. The van der Waals surface area contributed by atoms with Gasteiger partial charge in [-0.25, -0.2) is 4.39 Å². The molecular formula is C21H20FNO2. The molecule has 1 amide bonds. The van der Waals surface area contributed by atoms with Crippen LogP contribution in [0.2, 0.25) is 0 Å². The maximum Gasteiger partial charge on any atom is 0.235 e. The number of halogens is 1. The van der Waals surface area contributed by atoms with Gasteiger partial charge in [-0.3, -0.25) is 4.79 Å². The summed E-state index contributed by atoms with van der Waals surface area (Å²) in [4.78, 5) is 15.6. The van der Waals surface area contributed by atoms with Crippen LogP contribution < -0.4 is 4.74 Å². The second-order valence-electron chi connectivity index (χ2n) is 7.31. The van der Waals surface area contributed by atoms with E-state index in [2.05, 4.69) is 0 Å². The number of fused-ring (bicyclic) bond motifs is 4. The van der Waals surface area contributed by atoms with Crippen molar-refractivity contribution in [1.29, 1.82) is 0 Å². The summed E-state index contributed by atoms with van der Waals surface area (Å²) in [5, 5.41) is 0. The van der Waals surface area contributed by atoms with Crippen LogP contribution in [0.5, 0.6) is 11.5 Å². The van der Waals surface area contributed by atoms with Gasteiger partial charge in [0.25, 0.3) is 0 Å². The highest BCUT2D eigenvalue weighted by Gasteiger charge is 2.46. The highest BCUT2D eigenvalue weighted by Crippen LogP contribution is 2.47. The number of hydrogen-bond donors (Lipinski definition) is 0. The van der Waals surface area contributed by atoms with Gasteiger partial charge in [0.05, 0.1) is 5.92 Å². The molecule has 0 spiro atoms. The fourth-order valence-corrected chi connectivity index (χ4v) is 4.80. The first kappa shape index (κ1) is 14.9. The molecule has 0 N–H and O–H groups in total. The molecule has 2 aromatic rings. The van der Waals surface area contributed by atoms with Crippen molar-refractivity contribution in [3.8, 4) is 11.5 Å². The van der Waals surface area contributed by atoms with Gasteiger partial charge in [0.15, 0.2) is 0 Å². The van der Waals surface area contributed by atoms with Crippen molar-refractivity contribution in [3.63, 3.8) is 0 Å². The smallest absolute Gasteiger partial charge is 0.235 e. The molecule has 25 heavy (non-hydrogen) atoms. The summed E-state index contributed by atoms with van der Waals surface area (Å²) in [6.45, 7) is 0. The summed E-state index contributed by atoms with van der Waals surface area (Å²) < 4.78 is 19.9. The number of rotatable bonds is 1. The lowest BCUT2D eigenvalue weighted by atomic mass is 9.85. The predicted octanol–water partition coefficient (Wildman–Crippen LogP) is 4.42. The quantitative estimate of drug-likeness (QED) is 0.771. The molecule has 2 fully saturated rings. The molecule has 5 rings (SSSR count). The number of carbonyl (C=O) groups is 1. The van der Waals surface area contributed by atoms with Crippen LogP contribution in [0.1, 0.15) is 42.7 Å². The molecule has 2 bridgehead atoms. The molecule has 4 heteroatoms. The van der Waals surface area contributed by atoms with Crippen LogP contribution in [-0.4, -0.2) is 29.1 Å². The Bertz CT molecular complexity index is 777. The molecule has 0 radical (unpaired) electrons. The molecule has 0 saturated carbocycles. The maximum atomic E-state index is 13.9. The normalized spacial score (nSPS) is 27.4. The molecule has 0 aromatic heterocycles. The topological polar surface area (TPSA) is 29.5 Å². The van der Waals surface area contributed by atoms with E-state index in [4.69, 9.17) is 4.74 Å². The summed E-state index contributed by atoms with van der Waals surface area (Å²) in [5.41, 5.74) is 1.82. The molecule has 2 unspecified atom stereocenters. The molecule has 2 aromatic carbocycles. The first-order chi connectivity index (χ1) is 12.2. The van der Waals surface area contributed by atoms with E-state index < -0.39 is 6.17 Å². The number of ether oxygens (including phenoxy) is 1. The first-order valence-electron chi connectivity index (χ1n) is 9.04. The molecule has 0 aliphatic carbocycles. The van der Waals surface area contributed by atoms with Gasteiger partial charge in [-0.05, 0) is 37.8 Å². The van der Waals surface area contributed by atoms with Crippen molar-refractivity contribution in [2.24, 2.45) is 0 Å². The van der Waals surface area contributed by atoms with Crippen LogP contribution >= 0.6 is 0 Å². The number of hydrogen-bond acceptors (Lipinski definition) is 2. The number of piperidine rings is 1. The summed E-state index contributed by atoms with van der Waals surface area (Å²) in [7, 11) is 0. The number of benzene rings is 2. The third kappa shape index (κ3) is 2.27. The van der Waals surface area contributed by atoms with Crippen molar-refractivity contribution in [1.82, 2.24) is 4.90 Å². The van der Waals surface area contributed by atoms with Crippen LogP contribution in [0.3, 0.4) is 0 Å². The largest absolute Gasteiger partial charge is 0.457 e. The Kier molecular flexibility index (Phi) is 3.34. The fraction of sp³-hybridized carbons (Fsp3) is 0.381. The van der Waals surface area contributed by atoms with Crippen LogP contribution in [0.15, 0.2) is 48.5 Å². The molecule has 3 aliphatic heterocycles. The zero-order chi connectivity index (χ0) is 17.0. The molecule has 2 atom stereocenters. The highest BCUT2D eigenvalue weighted by atomic mass is 19.1. The van der Waals surface area contributed by atoms with E-state index >= 15 is 0 Å². The maximum absolute atomic E-state index is 13.9. The SMILES string of the molecule is O=C(C1c2ccccc2Oc2ccccc21)N1C2CCC1CC(F)C2. The van der Waals surface area contributed by atoms with Crippen molar-refractivity contribution in [2.75, 3.05) is 0 Å². The second-order valence-corrected chi connectivity index (χ2v) is 7.31. The summed E-state index contributed by atoms with van der Waals surface area (Å²) >= 11 is 0. The minimum atomic E-state index is -0.768. The zero-order valence-electron chi connectivity index (χ0n) is 13.9. The predicted molar refractivity (Wildman–Crippen MR) is 92.6 cm³/mol. The van der Waals surface area contributed by atoms with E-state index in [9.17, 15) is 9.18 Å². The lowest BCUT2D eigenvalue weighted by Crippen LogP contribution is -2.49. The van der Waals surface area contributed by atoms with E-state index in [1.54, 1.807) is 0 Å². The van der Waals surface area contributed by atoms with Crippen LogP contribution in [-0.2, 0) is 4.79 Å².